The van der Waals surface area contributed by atoms with Crippen LogP contribution in [0.2, 0.25) is 0 Å². The highest BCUT2D eigenvalue weighted by atomic mass is 32.1. The molecular formula is C19H19F3N4O2S. The molecule has 0 bridgehead atoms. The molecule has 1 amide bonds. The number of halogens is 3. The van der Waals surface area contributed by atoms with Crippen molar-refractivity contribution >= 4 is 28.3 Å². The lowest BCUT2D eigenvalue weighted by Crippen LogP contribution is -2.38. The van der Waals surface area contributed by atoms with Gasteiger partial charge in [0.1, 0.15) is 4.88 Å². The van der Waals surface area contributed by atoms with Crippen molar-refractivity contribution in [3.8, 4) is 0 Å². The highest BCUT2D eigenvalue weighted by molar-refractivity contribution is 7.13. The van der Waals surface area contributed by atoms with Crippen molar-refractivity contribution in [1.82, 2.24) is 20.0 Å². The van der Waals surface area contributed by atoms with Crippen LogP contribution in [0.25, 0.3) is 11.1 Å². The molecule has 10 heteroatoms. The Labute approximate surface area is 168 Å². The van der Waals surface area contributed by atoms with E-state index in [1.165, 1.54) is 18.3 Å². The molecule has 0 unspecified atom stereocenters. The van der Waals surface area contributed by atoms with Crippen LogP contribution in [0.1, 0.15) is 56.1 Å². The molecule has 0 saturated carbocycles. The number of pyridine rings is 1. The maximum absolute atomic E-state index is 13.6. The largest absolute Gasteiger partial charge is 0.417 e. The monoisotopic (exact) mass is 424 g/mol. The predicted octanol–water partition coefficient (Wildman–Crippen LogP) is 4.64. The van der Waals surface area contributed by atoms with Crippen LogP contribution in [-0.2, 0) is 6.18 Å². The number of aryl methyl sites for hydroxylation is 3. The maximum atomic E-state index is 13.6. The van der Waals surface area contributed by atoms with Crippen LogP contribution in [0.4, 0.5) is 13.2 Å². The number of nitrogens with zero attached hydrogens (tertiary/aromatic N) is 4. The Morgan fingerprint density at radius 2 is 1.86 bits per heavy atom. The molecule has 1 aliphatic rings. The number of rotatable bonds is 2. The number of aromatic nitrogens is 3. The van der Waals surface area contributed by atoms with E-state index in [0.717, 1.165) is 11.1 Å². The number of amides is 1. The molecule has 0 N–H and O–H groups in total. The summed E-state index contributed by atoms with van der Waals surface area (Å²) in [7, 11) is 0. The van der Waals surface area contributed by atoms with Gasteiger partial charge in [0, 0.05) is 24.7 Å². The van der Waals surface area contributed by atoms with Crippen LogP contribution in [0, 0.1) is 20.8 Å². The van der Waals surface area contributed by atoms with Gasteiger partial charge in [0.05, 0.1) is 27.3 Å². The van der Waals surface area contributed by atoms with Crippen molar-refractivity contribution in [2.75, 3.05) is 13.1 Å². The van der Waals surface area contributed by atoms with E-state index in [1.54, 1.807) is 11.8 Å². The Morgan fingerprint density at radius 1 is 1.17 bits per heavy atom. The summed E-state index contributed by atoms with van der Waals surface area (Å²) in [5.41, 5.74) is 0.342. The van der Waals surface area contributed by atoms with Crippen LogP contribution < -0.4 is 0 Å². The van der Waals surface area contributed by atoms with E-state index >= 15 is 0 Å². The summed E-state index contributed by atoms with van der Waals surface area (Å²) in [5, 5.41) is 4.38. The number of likely N-dealkylation sites (tertiary alicyclic amines) is 1. The van der Waals surface area contributed by atoms with Crippen molar-refractivity contribution in [3.63, 3.8) is 0 Å². The Kier molecular flexibility index (Phi) is 4.84. The lowest BCUT2D eigenvalue weighted by atomic mass is 9.91. The highest BCUT2D eigenvalue weighted by Crippen LogP contribution is 2.39. The van der Waals surface area contributed by atoms with Gasteiger partial charge in [-0.2, -0.15) is 13.2 Å². The number of alkyl halides is 3. The van der Waals surface area contributed by atoms with Crippen molar-refractivity contribution < 1.29 is 22.5 Å². The molecule has 6 nitrogen and oxygen atoms in total. The van der Waals surface area contributed by atoms with Gasteiger partial charge in [0.25, 0.3) is 11.6 Å². The molecule has 29 heavy (non-hydrogen) atoms. The third kappa shape index (κ3) is 3.61. The minimum Gasteiger partial charge on any atom is -0.338 e. The number of fused-ring (bicyclic) bond motifs is 1. The molecule has 3 aromatic rings. The number of piperidine rings is 1. The van der Waals surface area contributed by atoms with Crippen molar-refractivity contribution in [2.45, 2.75) is 45.7 Å². The average molecular weight is 424 g/mol. The summed E-state index contributed by atoms with van der Waals surface area (Å²) >= 11 is 1.36. The normalized spacial score (nSPS) is 16.0. The summed E-state index contributed by atoms with van der Waals surface area (Å²) in [5.74, 6) is -0.254. The zero-order chi connectivity index (χ0) is 20.9. The van der Waals surface area contributed by atoms with E-state index in [9.17, 15) is 18.0 Å². The minimum absolute atomic E-state index is 0.0724. The first-order chi connectivity index (χ1) is 13.6. The van der Waals surface area contributed by atoms with Crippen LogP contribution in [-0.4, -0.2) is 39.0 Å². The maximum Gasteiger partial charge on any atom is 0.417 e. The lowest BCUT2D eigenvalue weighted by molar-refractivity contribution is -0.136. The minimum atomic E-state index is -4.52. The summed E-state index contributed by atoms with van der Waals surface area (Å²) in [6.07, 6.45) is -3.46. The van der Waals surface area contributed by atoms with Gasteiger partial charge in [-0.25, -0.2) is 9.97 Å². The molecular weight excluding hydrogens is 405 g/mol. The van der Waals surface area contributed by atoms with Gasteiger partial charge in [-0.05, 0) is 39.7 Å². The molecule has 0 atom stereocenters. The van der Waals surface area contributed by atoms with Crippen molar-refractivity contribution in [2.24, 2.45) is 0 Å². The summed E-state index contributed by atoms with van der Waals surface area (Å²) in [4.78, 5) is 23.7. The zero-order valence-corrected chi connectivity index (χ0v) is 16.9. The molecule has 0 spiro atoms. The Balaban J connectivity index is 1.56. The molecule has 154 valence electrons. The molecule has 4 rings (SSSR count). The van der Waals surface area contributed by atoms with E-state index in [-0.39, 0.29) is 28.6 Å². The molecule has 0 aliphatic carbocycles. The second kappa shape index (κ2) is 7.08. The molecule has 1 fully saturated rings. The van der Waals surface area contributed by atoms with Gasteiger partial charge >= 0.3 is 6.18 Å². The van der Waals surface area contributed by atoms with Crippen molar-refractivity contribution in [1.29, 1.82) is 0 Å². The molecule has 1 saturated heterocycles. The Bertz CT molecular complexity index is 1080. The van der Waals surface area contributed by atoms with Crippen LogP contribution in [0.3, 0.4) is 0 Å². The van der Waals surface area contributed by atoms with E-state index < -0.39 is 11.7 Å². The summed E-state index contributed by atoms with van der Waals surface area (Å²) in [6, 6.07) is 1.10. The second-order valence-corrected chi connectivity index (χ2v) is 8.46. The summed E-state index contributed by atoms with van der Waals surface area (Å²) < 4.78 is 45.7. The number of carbonyl (C=O) groups excluding carboxylic acids is 1. The first-order valence-electron chi connectivity index (χ1n) is 9.22. The lowest BCUT2D eigenvalue weighted by Gasteiger charge is -2.31. The fourth-order valence-corrected chi connectivity index (χ4v) is 4.69. The van der Waals surface area contributed by atoms with E-state index in [0.29, 0.717) is 42.2 Å². The van der Waals surface area contributed by atoms with Gasteiger partial charge in [0.15, 0.2) is 0 Å². The van der Waals surface area contributed by atoms with Gasteiger partial charge in [-0.1, -0.05) is 5.16 Å². The molecule has 3 aromatic heterocycles. The number of hydrogen-bond acceptors (Lipinski definition) is 6. The smallest absolute Gasteiger partial charge is 0.338 e. The molecule has 4 heterocycles. The van der Waals surface area contributed by atoms with Gasteiger partial charge in [-0.3, -0.25) is 4.79 Å². The predicted molar refractivity (Wildman–Crippen MR) is 101 cm³/mol. The van der Waals surface area contributed by atoms with Gasteiger partial charge in [0.2, 0.25) is 0 Å². The van der Waals surface area contributed by atoms with E-state index in [4.69, 9.17) is 4.52 Å². The van der Waals surface area contributed by atoms with Gasteiger partial charge < -0.3 is 9.42 Å². The van der Waals surface area contributed by atoms with Gasteiger partial charge in [-0.15, -0.1) is 11.3 Å². The van der Waals surface area contributed by atoms with E-state index in [2.05, 4.69) is 15.1 Å². The van der Waals surface area contributed by atoms with Crippen LogP contribution in [0.15, 0.2) is 10.6 Å². The number of thiazole rings is 1. The quantitative estimate of drug-likeness (QED) is 0.599. The third-order valence-electron chi connectivity index (χ3n) is 5.24. The first kappa shape index (κ1) is 19.8. The SMILES string of the molecule is Cc1nc(C)c(C(=O)N2CCC(c3cc(C(F)(F)F)c4c(C)noc4n3)CC2)s1. The molecule has 0 radical (unpaired) electrons. The highest BCUT2D eigenvalue weighted by Gasteiger charge is 2.37. The van der Waals surface area contributed by atoms with Crippen molar-refractivity contribution in [3.05, 3.63) is 38.6 Å². The van der Waals surface area contributed by atoms with E-state index in [1.807, 2.05) is 6.92 Å². The second-order valence-electron chi connectivity index (χ2n) is 7.25. The average Bonchev–Trinajstić information content (AvgIpc) is 3.21. The standard InChI is InChI=1S/C19H19F3N4O2S/c1-9-15-13(19(20,21)22)8-14(24-17(15)28-25-9)12-4-6-26(7-5-12)18(27)16-10(2)23-11(3)29-16/h8,12H,4-7H2,1-3H3. The Morgan fingerprint density at radius 3 is 2.45 bits per heavy atom. The van der Waals surface area contributed by atoms with Crippen LogP contribution >= 0.6 is 11.3 Å². The third-order valence-corrected chi connectivity index (χ3v) is 6.30. The Hall–Kier alpha value is -2.49. The zero-order valence-electron chi connectivity index (χ0n) is 16.1. The fourth-order valence-electron chi connectivity index (χ4n) is 3.80. The number of carbonyl (C=O) groups is 1. The number of hydrogen-bond donors (Lipinski definition) is 0. The topological polar surface area (TPSA) is 72.1 Å². The molecule has 1 aliphatic heterocycles. The van der Waals surface area contributed by atoms with Crippen LogP contribution in [0.5, 0.6) is 0 Å². The summed E-state index contributed by atoms with van der Waals surface area (Å²) in [6.45, 7) is 6.04. The fraction of sp³-hybridized carbons (Fsp3) is 0.474. The first-order valence-corrected chi connectivity index (χ1v) is 10.0. The molecule has 0 aromatic carbocycles.